The molecule has 1 saturated carbocycles. The van der Waals surface area contributed by atoms with Crippen molar-refractivity contribution in [2.75, 3.05) is 25.1 Å². The number of amides is 1. The Labute approximate surface area is 158 Å². The zero-order valence-electron chi connectivity index (χ0n) is 17.0. The Morgan fingerprint density at radius 1 is 1.27 bits per heavy atom. The Morgan fingerprint density at radius 3 is 2.50 bits per heavy atom. The summed E-state index contributed by atoms with van der Waals surface area (Å²) in [7, 11) is 2.14. The van der Waals surface area contributed by atoms with E-state index in [0.29, 0.717) is 12.5 Å². The Morgan fingerprint density at radius 2 is 1.96 bits per heavy atom. The van der Waals surface area contributed by atoms with Crippen LogP contribution >= 0.6 is 0 Å². The molecule has 5 heteroatoms. The summed E-state index contributed by atoms with van der Waals surface area (Å²) in [6, 6.07) is 4.51. The zero-order chi connectivity index (χ0) is 19.2. The molecule has 0 saturated heterocycles. The third-order valence-electron chi connectivity index (χ3n) is 4.95. The van der Waals surface area contributed by atoms with Crippen LogP contribution in [0.15, 0.2) is 18.3 Å². The summed E-state index contributed by atoms with van der Waals surface area (Å²) in [4.78, 5) is 18.7. The van der Waals surface area contributed by atoms with Gasteiger partial charge in [0.25, 0.3) is 0 Å². The monoisotopic (exact) mass is 361 g/mol. The molecule has 26 heavy (non-hydrogen) atoms. The molecule has 0 aromatic carbocycles. The Kier molecular flexibility index (Phi) is 7.30. The van der Waals surface area contributed by atoms with E-state index in [9.17, 15) is 4.79 Å². The van der Waals surface area contributed by atoms with Crippen LogP contribution < -0.4 is 10.2 Å². The van der Waals surface area contributed by atoms with Crippen molar-refractivity contribution in [3.05, 3.63) is 24.0 Å². The maximum Gasteiger partial charge on any atom is 0.407 e. The molecule has 5 nitrogen and oxygen atoms in total. The van der Waals surface area contributed by atoms with Gasteiger partial charge >= 0.3 is 6.09 Å². The largest absolute Gasteiger partial charge is 0.449 e. The van der Waals surface area contributed by atoms with Crippen LogP contribution in [0.5, 0.6) is 0 Å². The van der Waals surface area contributed by atoms with Crippen LogP contribution in [0.2, 0.25) is 0 Å². The minimum atomic E-state index is -0.275. The first-order valence-electron chi connectivity index (χ1n) is 9.86. The molecule has 0 radical (unpaired) electrons. The van der Waals surface area contributed by atoms with Gasteiger partial charge < -0.3 is 15.0 Å². The number of pyridine rings is 1. The van der Waals surface area contributed by atoms with Crippen molar-refractivity contribution in [2.24, 2.45) is 11.3 Å². The molecule has 1 aliphatic rings. The van der Waals surface area contributed by atoms with Crippen molar-refractivity contribution >= 4 is 11.8 Å². The van der Waals surface area contributed by atoms with Crippen LogP contribution in [0.3, 0.4) is 0 Å². The van der Waals surface area contributed by atoms with Crippen LogP contribution in [0, 0.1) is 11.3 Å². The van der Waals surface area contributed by atoms with Gasteiger partial charge in [-0.3, -0.25) is 4.98 Å². The smallest absolute Gasteiger partial charge is 0.407 e. The van der Waals surface area contributed by atoms with Gasteiger partial charge in [-0.1, -0.05) is 27.7 Å². The van der Waals surface area contributed by atoms with Crippen LogP contribution in [-0.4, -0.2) is 37.3 Å². The molecule has 1 N–H and O–H groups in total. The number of hydrogen-bond acceptors (Lipinski definition) is 4. The molecular weight excluding hydrogens is 326 g/mol. The fourth-order valence-electron chi connectivity index (χ4n) is 3.32. The fraction of sp³-hybridized carbons (Fsp3) is 0.714. The lowest BCUT2D eigenvalue weighted by Crippen LogP contribution is -2.40. The Hall–Kier alpha value is -1.78. The quantitative estimate of drug-likeness (QED) is 0.815. The predicted molar refractivity (Wildman–Crippen MR) is 107 cm³/mol. The van der Waals surface area contributed by atoms with Crippen molar-refractivity contribution < 1.29 is 9.53 Å². The van der Waals surface area contributed by atoms with Gasteiger partial charge in [-0.05, 0) is 55.6 Å². The van der Waals surface area contributed by atoms with Gasteiger partial charge in [0.05, 0.1) is 18.5 Å². The first-order valence-corrected chi connectivity index (χ1v) is 9.86. The number of rotatable bonds is 6. The number of nitrogens with zero attached hydrogens (tertiary/aromatic N) is 2. The minimum absolute atomic E-state index is 0.00374. The standard InChI is InChI=1S/C21H35N3O2/c1-6-17-11-12-19(13-22-17)24(5)14-16-7-9-18(10-8-16)23-20(25)26-15-21(2,3)4/h11-13,16,18H,6-10,14-15H2,1-5H3,(H,23,25). The van der Waals surface area contributed by atoms with E-state index in [1.54, 1.807) is 0 Å². The van der Waals surface area contributed by atoms with Crippen molar-refractivity contribution in [3.63, 3.8) is 0 Å². The van der Waals surface area contributed by atoms with Gasteiger partial charge in [0.1, 0.15) is 0 Å². The fourth-order valence-corrected chi connectivity index (χ4v) is 3.32. The highest BCUT2D eigenvalue weighted by molar-refractivity contribution is 5.67. The topological polar surface area (TPSA) is 54.5 Å². The molecule has 1 aromatic heterocycles. The van der Waals surface area contributed by atoms with Crippen LogP contribution in [0.1, 0.15) is 59.1 Å². The lowest BCUT2D eigenvalue weighted by molar-refractivity contribution is 0.100. The van der Waals surface area contributed by atoms with E-state index in [1.165, 1.54) is 5.69 Å². The SMILES string of the molecule is CCc1ccc(N(C)CC2CCC(NC(=O)OCC(C)(C)C)CC2)cn1. The molecule has 1 aliphatic carbocycles. The molecule has 0 atom stereocenters. The molecule has 1 amide bonds. The molecule has 1 heterocycles. The Balaban J connectivity index is 1.71. The number of carbonyl (C=O) groups is 1. The second kappa shape index (κ2) is 9.24. The number of aryl methyl sites for hydroxylation is 1. The summed E-state index contributed by atoms with van der Waals surface area (Å²) in [5.74, 6) is 0.662. The number of hydrogen-bond donors (Lipinski definition) is 1. The van der Waals surface area contributed by atoms with E-state index in [0.717, 1.165) is 44.3 Å². The molecule has 0 bridgehead atoms. The maximum atomic E-state index is 11.9. The van der Waals surface area contributed by atoms with Crippen molar-refractivity contribution in [2.45, 2.75) is 65.8 Å². The van der Waals surface area contributed by atoms with Gasteiger partial charge in [0, 0.05) is 25.3 Å². The molecule has 0 spiro atoms. The molecule has 1 aromatic rings. The second-order valence-electron chi connectivity index (χ2n) is 8.74. The van der Waals surface area contributed by atoms with E-state index >= 15 is 0 Å². The number of ether oxygens (including phenoxy) is 1. The third kappa shape index (κ3) is 6.85. The molecular formula is C21H35N3O2. The predicted octanol–water partition coefficient (Wildman–Crippen LogP) is 4.41. The molecule has 0 unspecified atom stereocenters. The van der Waals surface area contributed by atoms with E-state index in [2.05, 4.69) is 62.1 Å². The normalized spacial score (nSPS) is 20.5. The first-order chi connectivity index (χ1) is 12.3. The summed E-state index contributed by atoms with van der Waals surface area (Å²) in [6.45, 7) is 9.79. The summed E-state index contributed by atoms with van der Waals surface area (Å²) in [5, 5.41) is 3.02. The number of aromatic nitrogens is 1. The summed E-state index contributed by atoms with van der Waals surface area (Å²) < 4.78 is 5.31. The minimum Gasteiger partial charge on any atom is -0.449 e. The van der Waals surface area contributed by atoms with Crippen molar-refractivity contribution in [1.29, 1.82) is 0 Å². The van der Waals surface area contributed by atoms with Gasteiger partial charge in [0.2, 0.25) is 0 Å². The highest BCUT2D eigenvalue weighted by Crippen LogP contribution is 2.26. The van der Waals surface area contributed by atoms with Gasteiger partial charge in [-0.15, -0.1) is 0 Å². The van der Waals surface area contributed by atoms with E-state index in [-0.39, 0.29) is 17.6 Å². The van der Waals surface area contributed by atoms with Crippen LogP contribution in [0.4, 0.5) is 10.5 Å². The average Bonchev–Trinajstić information content (AvgIpc) is 2.61. The summed E-state index contributed by atoms with van der Waals surface area (Å²) >= 11 is 0. The average molecular weight is 362 g/mol. The first kappa shape index (κ1) is 20.5. The number of anilines is 1. The zero-order valence-corrected chi connectivity index (χ0v) is 17.0. The van der Waals surface area contributed by atoms with Crippen molar-refractivity contribution in [1.82, 2.24) is 10.3 Å². The third-order valence-corrected chi connectivity index (χ3v) is 4.95. The highest BCUT2D eigenvalue weighted by Gasteiger charge is 2.24. The number of nitrogens with one attached hydrogen (secondary N) is 1. The molecule has 146 valence electrons. The van der Waals surface area contributed by atoms with Gasteiger partial charge in [-0.25, -0.2) is 4.79 Å². The van der Waals surface area contributed by atoms with E-state index in [4.69, 9.17) is 4.74 Å². The summed E-state index contributed by atoms with van der Waals surface area (Å²) in [5.41, 5.74) is 2.31. The molecule has 1 fully saturated rings. The van der Waals surface area contributed by atoms with Gasteiger partial charge in [-0.2, -0.15) is 0 Å². The van der Waals surface area contributed by atoms with Crippen molar-refractivity contribution in [3.8, 4) is 0 Å². The lowest BCUT2D eigenvalue weighted by atomic mass is 9.85. The maximum absolute atomic E-state index is 11.9. The summed E-state index contributed by atoms with van der Waals surface area (Å²) in [6.07, 6.45) is 6.98. The Bertz CT molecular complexity index is 558. The molecule has 0 aliphatic heterocycles. The number of carbonyl (C=O) groups excluding carboxylic acids is 1. The number of alkyl carbamates (subject to hydrolysis) is 1. The van der Waals surface area contributed by atoms with Gasteiger partial charge in [0.15, 0.2) is 0 Å². The van der Waals surface area contributed by atoms with E-state index < -0.39 is 0 Å². The van der Waals surface area contributed by atoms with Crippen LogP contribution in [0.25, 0.3) is 0 Å². The highest BCUT2D eigenvalue weighted by atomic mass is 16.5. The molecule has 2 rings (SSSR count). The lowest BCUT2D eigenvalue weighted by Gasteiger charge is -2.32. The van der Waals surface area contributed by atoms with Crippen LogP contribution in [-0.2, 0) is 11.2 Å². The second-order valence-corrected chi connectivity index (χ2v) is 8.74. The van der Waals surface area contributed by atoms with E-state index in [1.807, 2.05) is 6.20 Å².